The second-order valence-electron chi connectivity index (χ2n) is 4.99. The third kappa shape index (κ3) is 3.42. The second kappa shape index (κ2) is 4.72. The monoisotopic (exact) mass is 284 g/mol. The topological polar surface area (TPSA) is 0 Å². The quantitative estimate of drug-likeness (QED) is 0.637. The van der Waals surface area contributed by atoms with E-state index in [1.165, 1.54) is 0 Å². The van der Waals surface area contributed by atoms with E-state index in [1.54, 1.807) is 20.8 Å². The van der Waals surface area contributed by atoms with E-state index >= 15 is 0 Å². The largest absolute Gasteiger partial charge is 0.416 e. The molecule has 0 fully saturated rings. The van der Waals surface area contributed by atoms with Gasteiger partial charge in [-0.05, 0) is 29.5 Å². The van der Waals surface area contributed by atoms with Crippen molar-refractivity contribution in [3.8, 4) is 0 Å². The molecule has 19 heavy (non-hydrogen) atoms. The van der Waals surface area contributed by atoms with Gasteiger partial charge in [-0.15, -0.1) is 0 Å². The Bertz CT molecular complexity index is 453. The predicted molar refractivity (Wildman–Crippen MR) is 59.8 cm³/mol. The van der Waals surface area contributed by atoms with Crippen LogP contribution in [0.3, 0.4) is 0 Å². The lowest BCUT2D eigenvalue weighted by Crippen LogP contribution is -2.23. The fraction of sp³-hybridized carbons (Fsp3) is 0.538. The maximum atomic E-state index is 12.9. The molecule has 0 radical (unpaired) electrons. The zero-order valence-electron chi connectivity index (χ0n) is 10.7. The molecule has 0 aliphatic heterocycles. The summed E-state index contributed by atoms with van der Waals surface area (Å²) in [5.74, 6) is 0. The standard InChI is InChI=1S/C13H14F6/c1-4-11(2,3)9-6-5-8(12(14,15)16)7-10(9)13(17,18)19/h5-7H,4H2,1-3H3. The Labute approximate surface area is 107 Å². The molecule has 0 spiro atoms. The highest BCUT2D eigenvalue weighted by Crippen LogP contribution is 2.41. The van der Waals surface area contributed by atoms with Crippen molar-refractivity contribution in [2.75, 3.05) is 0 Å². The lowest BCUT2D eigenvalue weighted by molar-refractivity contribution is -0.143. The molecular formula is C13H14F6. The molecule has 0 amide bonds. The van der Waals surface area contributed by atoms with Crippen LogP contribution in [-0.2, 0) is 17.8 Å². The maximum Gasteiger partial charge on any atom is 0.416 e. The lowest BCUT2D eigenvalue weighted by Gasteiger charge is -2.28. The van der Waals surface area contributed by atoms with Gasteiger partial charge >= 0.3 is 12.4 Å². The van der Waals surface area contributed by atoms with Gasteiger partial charge in [0.15, 0.2) is 0 Å². The van der Waals surface area contributed by atoms with Crippen LogP contribution in [0.25, 0.3) is 0 Å². The molecule has 1 aromatic carbocycles. The summed E-state index contributed by atoms with van der Waals surface area (Å²) in [6.45, 7) is 4.84. The molecule has 0 aromatic heterocycles. The van der Waals surface area contributed by atoms with Crippen molar-refractivity contribution >= 4 is 0 Å². The Morgan fingerprint density at radius 1 is 0.842 bits per heavy atom. The van der Waals surface area contributed by atoms with Gasteiger partial charge in [0.1, 0.15) is 0 Å². The summed E-state index contributed by atoms with van der Waals surface area (Å²) in [6, 6.07) is 1.81. The first kappa shape index (κ1) is 15.9. The summed E-state index contributed by atoms with van der Waals surface area (Å²) in [7, 11) is 0. The van der Waals surface area contributed by atoms with Gasteiger partial charge in [-0.1, -0.05) is 26.8 Å². The zero-order valence-corrected chi connectivity index (χ0v) is 10.7. The smallest absolute Gasteiger partial charge is 0.166 e. The van der Waals surface area contributed by atoms with Gasteiger partial charge in [0.25, 0.3) is 0 Å². The Morgan fingerprint density at radius 2 is 1.37 bits per heavy atom. The van der Waals surface area contributed by atoms with Crippen LogP contribution in [-0.4, -0.2) is 0 Å². The van der Waals surface area contributed by atoms with E-state index in [0.717, 1.165) is 6.07 Å². The molecule has 0 atom stereocenters. The minimum atomic E-state index is -4.80. The van der Waals surface area contributed by atoms with Crippen molar-refractivity contribution in [3.05, 3.63) is 34.9 Å². The fourth-order valence-corrected chi connectivity index (χ4v) is 1.74. The Kier molecular flexibility index (Phi) is 3.94. The van der Waals surface area contributed by atoms with Crippen LogP contribution in [0.1, 0.15) is 43.9 Å². The first-order chi connectivity index (χ1) is 8.39. The SMILES string of the molecule is CCC(C)(C)c1ccc(C(F)(F)F)cc1C(F)(F)F. The normalized spacial score (nSPS) is 13.7. The molecule has 1 rings (SSSR count). The fourth-order valence-electron chi connectivity index (χ4n) is 1.74. The van der Waals surface area contributed by atoms with E-state index in [0.29, 0.717) is 12.5 Å². The number of benzene rings is 1. The molecular weight excluding hydrogens is 270 g/mol. The lowest BCUT2D eigenvalue weighted by atomic mass is 9.79. The van der Waals surface area contributed by atoms with Crippen molar-refractivity contribution in [2.24, 2.45) is 0 Å². The molecule has 0 N–H and O–H groups in total. The van der Waals surface area contributed by atoms with E-state index < -0.39 is 28.9 Å². The molecule has 108 valence electrons. The second-order valence-corrected chi connectivity index (χ2v) is 4.99. The molecule has 0 aliphatic rings. The minimum Gasteiger partial charge on any atom is -0.166 e. The predicted octanol–water partition coefficient (Wildman–Crippen LogP) is 5.41. The van der Waals surface area contributed by atoms with Crippen molar-refractivity contribution < 1.29 is 26.3 Å². The van der Waals surface area contributed by atoms with Gasteiger partial charge < -0.3 is 0 Å². The molecule has 0 unspecified atom stereocenters. The van der Waals surface area contributed by atoms with Crippen LogP contribution < -0.4 is 0 Å². The van der Waals surface area contributed by atoms with Gasteiger partial charge in [-0.3, -0.25) is 0 Å². The third-order valence-corrected chi connectivity index (χ3v) is 3.27. The molecule has 0 saturated heterocycles. The highest BCUT2D eigenvalue weighted by Gasteiger charge is 2.40. The molecule has 0 saturated carbocycles. The van der Waals surface area contributed by atoms with Gasteiger partial charge in [0, 0.05) is 0 Å². The van der Waals surface area contributed by atoms with Gasteiger partial charge in [0.05, 0.1) is 11.1 Å². The van der Waals surface area contributed by atoms with Crippen LogP contribution in [0.4, 0.5) is 26.3 Å². The highest BCUT2D eigenvalue weighted by atomic mass is 19.4. The van der Waals surface area contributed by atoms with Crippen LogP contribution in [0, 0.1) is 0 Å². The molecule has 0 bridgehead atoms. The van der Waals surface area contributed by atoms with Crippen LogP contribution in [0.2, 0.25) is 0 Å². The first-order valence-corrected chi connectivity index (χ1v) is 5.68. The molecule has 0 heterocycles. The van der Waals surface area contributed by atoms with Crippen molar-refractivity contribution in [2.45, 2.75) is 45.0 Å². The van der Waals surface area contributed by atoms with Gasteiger partial charge in [-0.2, -0.15) is 26.3 Å². The van der Waals surface area contributed by atoms with Gasteiger partial charge in [-0.25, -0.2) is 0 Å². The number of rotatable bonds is 2. The Hall–Kier alpha value is -1.20. The molecule has 1 aromatic rings. The maximum absolute atomic E-state index is 12.9. The van der Waals surface area contributed by atoms with Crippen molar-refractivity contribution in [1.29, 1.82) is 0 Å². The van der Waals surface area contributed by atoms with Crippen molar-refractivity contribution in [1.82, 2.24) is 0 Å². The number of alkyl halides is 6. The number of hydrogen-bond acceptors (Lipinski definition) is 0. The first-order valence-electron chi connectivity index (χ1n) is 5.68. The van der Waals surface area contributed by atoms with E-state index in [4.69, 9.17) is 0 Å². The summed E-state index contributed by atoms with van der Waals surface area (Å²) in [4.78, 5) is 0. The summed E-state index contributed by atoms with van der Waals surface area (Å²) in [6.07, 6.45) is -9.20. The van der Waals surface area contributed by atoms with E-state index in [9.17, 15) is 26.3 Å². The summed E-state index contributed by atoms with van der Waals surface area (Å²) < 4.78 is 76.2. The summed E-state index contributed by atoms with van der Waals surface area (Å²) in [5, 5.41) is 0. The summed E-state index contributed by atoms with van der Waals surface area (Å²) in [5.41, 5.74) is -3.45. The zero-order chi connectivity index (χ0) is 15.1. The van der Waals surface area contributed by atoms with Gasteiger partial charge in [0.2, 0.25) is 0 Å². The average molecular weight is 284 g/mol. The van der Waals surface area contributed by atoms with Crippen LogP contribution in [0.5, 0.6) is 0 Å². The number of halogens is 6. The average Bonchev–Trinajstić information content (AvgIpc) is 2.26. The van der Waals surface area contributed by atoms with Crippen LogP contribution >= 0.6 is 0 Å². The Morgan fingerprint density at radius 3 is 1.74 bits per heavy atom. The van der Waals surface area contributed by atoms with Crippen molar-refractivity contribution in [3.63, 3.8) is 0 Å². The molecule has 0 aliphatic carbocycles. The van der Waals surface area contributed by atoms with E-state index in [1.807, 2.05) is 0 Å². The van der Waals surface area contributed by atoms with E-state index in [2.05, 4.69) is 0 Å². The highest BCUT2D eigenvalue weighted by molar-refractivity contribution is 5.39. The summed E-state index contributed by atoms with van der Waals surface area (Å²) >= 11 is 0. The van der Waals surface area contributed by atoms with E-state index in [-0.39, 0.29) is 11.6 Å². The number of hydrogen-bond donors (Lipinski definition) is 0. The Balaban J connectivity index is 3.51. The molecule has 0 nitrogen and oxygen atoms in total. The molecule has 6 heteroatoms. The minimum absolute atomic E-state index is 0.115. The van der Waals surface area contributed by atoms with Crippen LogP contribution in [0.15, 0.2) is 18.2 Å². The third-order valence-electron chi connectivity index (χ3n) is 3.27.